The summed E-state index contributed by atoms with van der Waals surface area (Å²) in [4.78, 5) is 11.9. The van der Waals surface area contributed by atoms with Crippen LogP contribution in [0.1, 0.15) is 47.0 Å². The lowest BCUT2D eigenvalue weighted by atomic mass is 9.68. The topological polar surface area (TPSA) is 38.3 Å². The molecule has 0 heterocycles. The molecule has 1 fully saturated rings. The lowest BCUT2D eigenvalue weighted by Crippen LogP contribution is -2.63. The molecule has 15 heavy (non-hydrogen) atoms. The quantitative estimate of drug-likeness (QED) is 0.711. The average molecular weight is 213 g/mol. The second-order valence-electron chi connectivity index (χ2n) is 4.77. The maximum Gasteiger partial charge on any atom is 0.326 e. The van der Waals surface area contributed by atoms with Crippen LogP contribution in [0.25, 0.3) is 0 Å². The minimum absolute atomic E-state index is 0.0663. The minimum atomic E-state index is -0.384. The first kappa shape index (κ1) is 12.5. The third-order valence-corrected chi connectivity index (χ3v) is 3.20. The van der Waals surface area contributed by atoms with Gasteiger partial charge in [-0.1, -0.05) is 13.8 Å². The second kappa shape index (κ2) is 4.97. The van der Waals surface area contributed by atoms with Crippen molar-refractivity contribution in [2.75, 3.05) is 6.61 Å². The van der Waals surface area contributed by atoms with Crippen LogP contribution in [0.5, 0.6) is 0 Å². The van der Waals surface area contributed by atoms with Gasteiger partial charge >= 0.3 is 5.97 Å². The van der Waals surface area contributed by atoms with Crippen molar-refractivity contribution in [3.63, 3.8) is 0 Å². The Kier molecular flexibility index (Phi) is 4.14. The molecule has 1 unspecified atom stereocenters. The van der Waals surface area contributed by atoms with E-state index in [1.807, 2.05) is 6.92 Å². The Labute approximate surface area is 92.6 Å². The van der Waals surface area contributed by atoms with E-state index in [9.17, 15) is 4.79 Å². The van der Waals surface area contributed by atoms with Gasteiger partial charge in [0.15, 0.2) is 0 Å². The molecule has 0 saturated heterocycles. The van der Waals surface area contributed by atoms with E-state index in [1.165, 1.54) is 0 Å². The molecule has 0 aromatic heterocycles. The highest BCUT2D eigenvalue weighted by Gasteiger charge is 2.49. The van der Waals surface area contributed by atoms with Crippen LogP contribution in [-0.2, 0) is 9.53 Å². The summed E-state index contributed by atoms with van der Waals surface area (Å²) >= 11 is 0. The first-order chi connectivity index (χ1) is 7.04. The van der Waals surface area contributed by atoms with Crippen molar-refractivity contribution in [3.8, 4) is 0 Å². The van der Waals surface area contributed by atoms with Crippen LogP contribution in [0, 0.1) is 5.92 Å². The van der Waals surface area contributed by atoms with Gasteiger partial charge in [0.2, 0.25) is 0 Å². The summed E-state index contributed by atoms with van der Waals surface area (Å²) in [6.45, 7) is 8.74. The molecule has 1 N–H and O–H groups in total. The van der Waals surface area contributed by atoms with Crippen LogP contribution in [0.4, 0.5) is 0 Å². The van der Waals surface area contributed by atoms with Crippen molar-refractivity contribution < 1.29 is 9.53 Å². The fourth-order valence-electron chi connectivity index (χ4n) is 2.32. The summed E-state index contributed by atoms with van der Waals surface area (Å²) in [6, 6.07) is 0.377. The van der Waals surface area contributed by atoms with Gasteiger partial charge in [0.25, 0.3) is 0 Å². The lowest BCUT2D eigenvalue weighted by molar-refractivity contribution is -0.158. The smallest absolute Gasteiger partial charge is 0.326 e. The first-order valence-electron chi connectivity index (χ1n) is 5.99. The summed E-state index contributed by atoms with van der Waals surface area (Å²) in [6.07, 6.45) is 2.86. The van der Waals surface area contributed by atoms with Gasteiger partial charge in [-0.25, -0.2) is 0 Å². The van der Waals surface area contributed by atoms with Gasteiger partial charge < -0.3 is 4.74 Å². The zero-order valence-corrected chi connectivity index (χ0v) is 10.3. The molecule has 0 bridgehead atoms. The number of hydrogen-bond acceptors (Lipinski definition) is 3. The molecular formula is C12H23NO2. The molecule has 1 saturated carbocycles. The maximum atomic E-state index is 11.9. The Hall–Kier alpha value is -0.570. The molecule has 3 heteroatoms. The van der Waals surface area contributed by atoms with Gasteiger partial charge in [0.05, 0.1) is 6.61 Å². The third-order valence-electron chi connectivity index (χ3n) is 3.20. The number of carbonyl (C=O) groups excluding carboxylic acids is 1. The van der Waals surface area contributed by atoms with Crippen LogP contribution in [0.2, 0.25) is 0 Å². The van der Waals surface area contributed by atoms with Gasteiger partial charge in [-0.3, -0.25) is 10.1 Å². The second-order valence-corrected chi connectivity index (χ2v) is 4.77. The molecule has 88 valence electrons. The largest absolute Gasteiger partial charge is 0.465 e. The number of carbonyl (C=O) groups is 1. The summed E-state index contributed by atoms with van der Waals surface area (Å²) in [5.74, 6) is 0.564. The fraction of sp³-hybridized carbons (Fsp3) is 0.917. The number of esters is 1. The molecule has 3 nitrogen and oxygen atoms in total. The Morgan fingerprint density at radius 3 is 2.53 bits per heavy atom. The van der Waals surface area contributed by atoms with E-state index in [-0.39, 0.29) is 11.5 Å². The fourth-order valence-corrected chi connectivity index (χ4v) is 2.32. The first-order valence-corrected chi connectivity index (χ1v) is 5.99. The van der Waals surface area contributed by atoms with E-state index in [2.05, 4.69) is 26.1 Å². The predicted octanol–water partition coefficient (Wildman–Crippen LogP) is 2.11. The monoisotopic (exact) mass is 213 g/mol. The van der Waals surface area contributed by atoms with Gasteiger partial charge in [0.1, 0.15) is 5.54 Å². The highest BCUT2D eigenvalue weighted by atomic mass is 16.5. The molecule has 0 aliphatic heterocycles. The normalized spacial score (nSPS) is 31.9. The molecule has 1 aliphatic carbocycles. The van der Waals surface area contributed by atoms with Gasteiger partial charge in [-0.15, -0.1) is 0 Å². The van der Waals surface area contributed by atoms with Crippen LogP contribution in [0.3, 0.4) is 0 Å². The van der Waals surface area contributed by atoms with E-state index in [4.69, 9.17) is 4.74 Å². The van der Waals surface area contributed by atoms with Crippen molar-refractivity contribution in [1.29, 1.82) is 0 Å². The third kappa shape index (κ3) is 2.71. The highest BCUT2D eigenvalue weighted by molar-refractivity contribution is 5.82. The van der Waals surface area contributed by atoms with E-state index >= 15 is 0 Å². The van der Waals surface area contributed by atoms with E-state index in [0.717, 1.165) is 19.3 Å². The summed E-state index contributed by atoms with van der Waals surface area (Å²) in [5.41, 5.74) is -0.384. The van der Waals surface area contributed by atoms with Gasteiger partial charge in [-0.05, 0) is 39.0 Å². The van der Waals surface area contributed by atoms with Crippen LogP contribution in [-0.4, -0.2) is 24.2 Å². The van der Waals surface area contributed by atoms with E-state index in [1.54, 1.807) is 0 Å². The molecule has 0 aromatic rings. The van der Waals surface area contributed by atoms with E-state index < -0.39 is 0 Å². The molecular weight excluding hydrogens is 190 g/mol. The molecule has 1 rings (SSSR count). The lowest BCUT2D eigenvalue weighted by Gasteiger charge is -2.46. The van der Waals surface area contributed by atoms with Crippen LogP contribution in [0.15, 0.2) is 0 Å². The number of hydrogen-bond donors (Lipinski definition) is 1. The van der Waals surface area contributed by atoms with Crippen molar-refractivity contribution in [2.24, 2.45) is 5.92 Å². The molecule has 1 aliphatic rings. The Bertz CT molecular complexity index is 222. The SMILES string of the molecule is CCOC(=O)C1(NC(C)CC)CC(C)C1. The Morgan fingerprint density at radius 2 is 2.13 bits per heavy atom. The van der Waals surface area contributed by atoms with Crippen molar-refractivity contribution >= 4 is 5.97 Å². The number of nitrogens with one attached hydrogen (secondary N) is 1. The minimum Gasteiger partial charge on any atom is -0.465 e. The Balaban J connectivity index is 2.59. The zero-order valence-electron chi connectivity index (χ0n) is 10.3. The van der Waals surface area contributed by atoms with E-state index in [0.29, 0.717) is 18.6 Å². The molecule has 1 atom stereocenters. The maximum absolute atomic E-state index is 11.9. The molecule has 0 spiro atoms. The number of rotatable bonds is 5. The number of ether oxygens (including phenoxy) is 1. The van der Waals surface area contributed by atoms with Crippen molar-refractivity contribution in [3.05, 3.63) is 0 Å². The van der Waals surface area contributed by atoms with Crippen LogP contribution >= 0.6 is 0 Å². The van der Waals surface area contributed by atoms with Crippen molar-refractivity contribution in [1.82, 2.24) is 5.32 Å². The molecule has 0 aromatic carbocycles. The van der Waals surface area contributed by atoms with Gasteiger partial charge in [0, 0.05) is 6.04 Å². The summed E-state index contributed by atoms with van der Waals surface area (Å²) in [7, 11) is 0. The Morgan fingerprint density at radius 1 is 1.53 bits per heavy atom. The summed E-state index contributed by atoms with van der Waals surface area (Å²) < 4.78 is 5.14. The van der Waals surface area contributed by atoms with Crippen LogP contribution < -0.4 is 5.32 Å². The predicted molar refractivity (Wildman–Crippen MR) is 60.7 cm³/mol. The molecule has 0 amide bonds. The van der Waals surface area contributed by atoms with Gasteiger partial charge in [-0.2, -0.15) is 0 Å². The highest BCUT2D eigenvalue weighted by Crippen LogP contribution is 2.39. The standard InChI is InChI=1S/C12H23NO2/c1-5-10(4)13-12(7-9(3)8-12)11(14)15-6-2/h9-10,13H,5-8H2,1-4H3. The summed E-state index contributed by atoms with van der Waals surface area (Å²) in [5, 5.41) is 3.42. The van der Waals surface area contributed by atoms with Crippen molar-refractivity contribution in [2.45, 2.75) is 58.5 Å². The molecule has 0 radical (unpaired) electrons. The average Bonchev–Trinajstić information content (AvgIpc) is 2.15. The zero-order chi connectivity index (χ0) is 11.5.